The standard InChI is InChI=1S/C11H7N5/c1-2-4-9-7(3-1)8-5-13-16-6-12-15-11(16)10(8)14-9/h1-6,14H. The summed E-state index contributed by atoms with van der Waals surface area (Å²) in [4.78, 5) is 3.34. The van der Waals surface area contributed by atoms with E-state index in [1.807, 2.05) is 24.4 Å². The topological polar surface area (TPSA) is 58.9 Å². The molecule has 0 radical (unpaired) electrons. The zero-order valence-corrected chi connectivity index (χ0v) is 8.25. The van der Waals surface area contributed by atoms with Crippen molar-refractivity contribution < 1.29 is 0 Å². The van der Waals surface area contributed by atoms with E-state index in [0.29, 0.717) is 0 Å². The number of nitrogens with one attached hydrogen (secondary N) is 1. The Morgan fingerprint density at radius 2 is 2.06 bits per heavy atom. The van der Waals surface area contributed by atoms with E-state index in [2.05, 4.69) is 26.3 Å². The zero-order valence-electron chi connectivity index (χ0n) is 8.25. The van der Waals surface area contributed by atoms with Crippen molar-refractivity contribution in [3.8, 4) is 0 Å². The van der Waals surface area contributed by atoms with Gasteiger partial charge in [-0.1, -0.05) is 18.2 Å². The number of hydrogen-bond acceptors (Lipinski definition) is 3. The number of aromatic nitrogens is 5. The van der Waals surface area contributed by atoms with E-state index in [0.717, 1.165) is 27.5 Å². The molecular formula is C11H7N5. The number of hydrogen-bond donors (Lipinski definition) is 1. The molecule has 0 amide bonds. The molecule has 0 spiro atoms. The first kappa shape index (κ1) is 7.81. The van der Waals surface area contributed by atoms with E-state index in [9.17, 15) is 0 Å². The van der Waals surface area contributed by atoms with Gasteiger partial charge in [-0.2, -0.15) is 9.61 Å². The van der Waals surface area contributed by atoms with E-state index in [4.69, 9.17) is 0 Å². The first-order valence-corrected chi connectivity index (χ1v) is 4.99. The third kappa shape index (κ3) is 0.826. The minimum absolute atomic E-state index is 0.758. The maximum Gasteiger partial charge on any atom is 0.201 e. The Hall–Kier alpha value is -2.43. The average Bonchev–Trinajstić information content (AvgIpc) is 2.92. The minimum atomic E-state index is 0.758. The summed E-state index contributed by atoms with van der Waals surface area (Å²) < 4.78 is 1.66. The lowest BCUT2D eigenvalue weighted by Gasteiger charge is -1.91. The molecule has 3 aromatic heterocycles. The second kappa shape index (κ2) is 2.57. The molecule has 1 N–H and O–H groups in total. The molecule has 0 saturated heterocycles. The van der Waals surface area contributed by atoms with Crippen molar-refractivity contribution in [2.75, 3.05) is 0 Å². The molecule has 0 saturated carbocycles. The molecule has 5 heteroatoms. The van der Waals surface area contributed by atoms with E-state index in [1.165, 1.54) is 0 Å². The van der Waals surface area contributed by atoms with Crippen molar-refractivity contribution in [2.45, 2.75) is 0 Å². The third-order valence-corrected chi connectivity index (χ3v) is 2.81. The fourth-order valence-corrected chi connectivity index (χ4v) is 2.07. The molecule has 0 aliphatic carbocycles. The highest BCUT2D eigenvalue weighted by molar-refractivity contribution is 6.10. The third-order valence-electron chi connectivity index (χ3n) is 2.81. The van der Waals surface area contributed by atoms with Gasteiger partial charge in [-0.15, -0.1) is 10.2 Å². The van der Waals surface area contributed by atoms with Gasteiger partial charge in [0.1, 0.15) is 6.33 Å². The van der Waals surface area contributed by atoms with Crippen LogP contribution in [0.3, 0.4) is 0 Å². The maximum absolute atomic E-state index is 4.26. The van der Waals surface area contributed by atoms with Crippen molar-refractivity contribution in [2.24, 2.45) is 0 Å². The molecule has 0 aliphatic heterocycles. The Kier molecular flexibility index (Phi) is 1.26. The van der Waals surface area contributed by atoms with Gasteiger partial charge < -0.3 is 4.98 Å². The molecule has 5 nitrogen and oxygen atoms in total. The second-order valence-electron chi connectivity index (χ2n) is 3.70. The molecule has 0 aliphatic rings. The summed E-state index contributed by atoms with van der Waals surface area (Å²) in [5.41, 5.74) is 2.83. The molecular weight excluding hydrogens is 202 g/mol. The van der Waals surface area contributed by atoms with Crippen molar-refractivity contribution in [1.82, 2.24) is 24.8 Å². The zero-order chi connectivity index (χ0) is 10.5. The predicted molar refractivity (Wildman–Crippen MR) is 60.1 cm³/mol. The highest BCUT2D eigenvalue weighted by Crippen LogP contribution is 2.25. The highest BCUT2D eigenvalue weighted by atomic mass is 15.3. The second-order valence-corrected chi connectivity index (χ2v) is 3.70. The Labute approximate surface area is 89.7 Å². The van der Waals surface area contributed by atoms with Crippen LogP contribution in [0.2, 0.25) is 0 Å². The van der Waals surface area contributed by atoms with Gasteiger partial charge in [0, 0.05) is 16.3 Å². The fraction of sp³-hybridized carbons (Fsp3) is 0. The summed E-state index contributed by atoms with van der Waals surface area (Å²) in [5, 5.41) is 14.4. The Morgan fingerprint density at radius 3 is 3.06 bits per heavy atom. The summed E-state index contributed by atoms with van der Waals surface area (Å²) in [6.07, 6.45) is 3.44. The number of fused-ring (bicyclic) bond motifs is 5. The molecule has 3 heterocycles. The van der Waals surface area contributed by atoms with Gasteiger partial charge in [0.25, 0.3) is 0 Å². The lowest BCUT2D eigenvalue weighted by Crippen LogP contribution is -1.89. The van der Waals surface area contributed by atoms with E-state index >= 15 is 0 Å². The molecule has 4 aromatic rings. The molecule has 0 fully saturated rings. The minimum Gasteiger partial charge on any atom is -0.351 e. The van der Waals surface area contributed by atoms with Gasteiger partial charge in [0.2, 0.25) is 5.65 Å². The van der Waals surface area contributed by atoms with Crippen LogP contribution >= 0.6 is 0 Å². The fourth-order valence-electron chi connectivity index (χ4n) is 2.07. The first-order valence-electron chi connectivity index (χ1n) is 4.99. The Bertz CT molecular complexity index is 811. The number of rotatable bonds is 0. The quantitative estimate of drug-likeness (QED) is 0.480. The number of H-pyrrole nitrogens is 1. The number of aromatic amines is 1. The van der Waals surface area contributed by atoms with Crippen LogP contribution in [0, 0.1) is 0 Å². The van der Waals surface area contributed by atoms with Crippen LogP contribution in [0.1, 0.15) is 0 Å². The van der Waals surface area contributed by atoms with E-state index in [-0.39, 0.29) is 0 Å². The van der Waals surface area contributed by atoms with Crippen LogP contribution in [0.5, 0.6) is 0 Å². The summed E-state index contributed by atoms with van der Waals surface area (Å²) in [7, 11) is 0. The molecule has 0 unspecified atom stereocenters. The maximum atomic E-state index is 4.26. The normalized spacial score (nSPS) is 11.8. The molecule has 0 bridgehead atoms. The van der Waals surface area contributed by atoms with Crippen LogP contribution in [0.4, 0.5) is 0 Å². The smallest absolute Gasteiger partial charge is 0.201 e. The summed E-state index contributed by atoms with van der Waals surface area (Å²) in [6, 6.07) is 8.14. The molecule has 76 valence electrons. The SMILES string of the molecule is c1ccc2c(c1)[nH]c1c2cnn2cnnc12. The van der Waals surface area contributed by atoms with Crippen molar-refractivity contribution in [3.05, 3.63) is 36.8 Å². The molecule has 4 rings (SSSR count). The van der Waals surface area contributed by atoms with Crippen molar-refractivity contribution in [3.63, 3.8) is 0 Å². The van der Waals surface area contributed by atoms with Crippen molar-refractivity contribution in [1.29, 1.82) is 0 Å². The molecule has 1 aromatic carbocycles. The van der Waals surface area contributed by atoms with E-state index < -0.39 is 0 Å². The number of nitrogens with zero attached hydrogens (tertiary/aromatic N) is 4. The van der Waals surface area contributed by atoms with Crippen LogP contribution in [-0.4, -0.2) is 24.8 Å². The van der Waals surface area contributed by atoms with Gasteiger partial charge in [-0.05, 0) is 6.07 Å². The summed E-state index contributed by atoms with van der Waals surface area (Å²) >= 11 is 0. The van der Waals surface area contributed by atoms with Gasteiger partial charge in [-0.3, -0.25) is 0 Å². The average molecular weight is 209 g/mol. The van der Waals surface area contributed by atoms with Crippen LogP contribution in [0.15, 0.2) is 36.8 Å². The van der Waals surface area contributed by atoms with Crippen LogP contribution in [0.25, 0.3) is 27.5 Å². The van der Waals surface area contributed by atoms with Gasteiger partial charge in [0.05, 0.1) is 11.7 Å². The van der Waals surface area contributed by atoms with Crippen LogP contribution < -0.4 is 0 Å². The van der Waals surface area contributed by atoms with Crippen LogP contribution in [-0.2, 0) is 0 Å². The largest absolute Gasteiger partial charge is 0.351 e. The summed E-state index contributed by atoms with van der Waals surface area (Å²) in [5.74, 6) is 0. The predicted octanol–water partition coefficient (Wildman–Crippen LogP) is 1.76. The number of para-hydroxylation sites is 1. The molecule has 0 atom stereocenters. The lowest BCUT2D eigenvalue weighted by atomic mass is 10.2. The summed E-state index contributed by atoms with van der Waals surface area (Å²) in [6.45, 7) is 0. The Morgan fingerprint density at radius 1 is 1.12 bits per heavy atom. The van der Waals surface area contributed by atoms with Gasteiger partial charge >= 0.3 is 0 Å². The monoisotopic (exact) mass is 209 g/mol. The van der Waals surface area contributed by atoms with Gasteiger partial charge in [-0.25, -0.2) is 0 Å². The Balaban J connectivity index is 2.38. The van der Waals surface area contributed by atoms with E-state index in [1.54, 1.807) is 10.8 Å². The first-order chi connectivity index (χ1) is 7.93. The number of benzene rings is 1. The van der Waals surface area contributed by atoms with Gasteiger partial charge in [0.15, 0.2) is 0 Å². The lowest BCUT2D eigenvalue weighted by molar-refractivity contribution is 0.935. The highest BCUT2D eigenvalue weighted by Gasteiger charge is 2.08. The van der Waals surface area contributed by atoms with Crippen molar-refractivity contribution >= 4 is 27.5 Å². The molecule has 16 heavy (non-hydrogen) atoms.